The molecule has 2 aromatic carbocycles. The lowest BCUT2D eigenvalue weighted by atomic mass is 9.95. The number of rotatable bonds is 7. The molecule has 0 saturated carbocycles. The van der Waals surface area contributed by atoms with Crippen LogP contribution in [0, 0.1) is 17.2 Å². The summed E-state index contributed by atoms with van der Waals surface area (Å²) in [4.78, 5) is 4.36. The molecule has 6 nitrogen and oxygen atoms in total. The number of nitrogens with one attached hydrogen (secondary N) is 2. The van der Waals surface area contributed by atoms with Gasteiger partial charge in [-0.25, -0.2) is 0 Å². The van der Waals surface area contributed by atoms with Crippen LogP contribution in [-0.2, 0) is 0 Å². The third kappa shape index (κ3) is 5.44. The van der Waals surface area contributed by atoms with Gasteiger partial charge in [0.15, 0.2) is 0 Å². The van der Waals surface area contributed by atoms with Crippen LogP contribution in [-0.4, -0.2) is 35.0 Å². The first kappa shape index (κ1) is 19.2. The SMILES string of the molecule is CC(C/N=C/c1ccccc1O)C(C)C(=N)N/N=C/c1ccccc1O. The zero-order valence-electron chi connectivity index (χ0n) is 14.9. The van der Waals surface area contributed by atoms with Gasteiger partial charge in [-0.2, -0.15) is 5.10 Å². The molecule has 0 fully saturated rings. The Morgan fingerprint density at radius 1 is 1.00 bits per heavy atom. The van der Waals surface area contributed by atoms with Gasteiger partial charge in [0.05, 0.1) is 6.21 Å². The highest BCUT2D eigenvalue weighted by Crippen LogP contribution is 2.15. The zero-order chi connectivity index (χ0) is 18.9. The van der Waals surface area contributed by atoms with Crippen molar-refractivity contribution in [2.75, 3.05) is 6.54 Å². The molecule has 6 heteroatoms. The van der Waals surface area contributed by atoms with Gasteiger partial charge in [-0.1, -0.05) is 38.1 Å². The highest BCUT2D eigenvalue weighted by atomic mass is 16.3. The fourth-order valence-corrected chi connectivity index (χ4v) is 2.23. The lowest BCUT2D eigenvalue weighted by molar-refractivity contribution is 0.473. The van der Waals surface area contributed by atoms with Gasteiger partial charge in [0, 0.05) is 29.8 Å². The number of aliphatic imine (C=N–C) groups is 1. The number of hydrogen-bond donors (Lipinski definition) is 4. The Morgan fingerprint density at radius 3 is 2.12 bits per heavy atom. The summed E-state index contributed by atoms with van der Waals surface area (Å²) in [6.07, 6.45) is 3.13. The minimum atomic E-state index is -0.0713. The number of para-hydroxylation sites is 2. The molecule has 2 rings (SSSR count). The van der Waals surface area contributed by atoms with E-state index in [1.807, 2.05) is 19.9 Å². The summed E-state index contributed by atoms with van der Waals surface area (Å²) < 4.78 is 0. The lowest BCUT2D eigenvalue weighted by Crippen LogP contribution is -2.29. The minimum Gasteiger partial charge on any atom is -0.507 e. The van der Waals surface area contributed by atoms with Gasteiger partial charge in [-0.15, -0.1) is 0 Å². The zero-order valence-corrected chi connectivity index (χ0v) is 14.9. The predicted octanol–water partition coefficient (Wildman–Crippen LogP) is 3.39. The predicted molar refractivity (Wildman–Crippen MR) is 105 cm³/mol. The van der Waals surface area contributed by atoms with E-state index in [2.05, 4.69) is 15.5 Å². The van der Waals surface area contributed by atoms with Crippen molar-refractivity contribution in [2.45, 2.75) is 13.8 Å². The molecular weight excluding hydrogens is 328 g/mol. The van der Waals surface area contributed by atoms with Crippen LogP contribution in [0.2, 0.25) is 0 Å². The molecule has 0 spiro atoms. The number of phenolic OH excluding ortho intramolecular Hbond substituents is 2. The van der Waals surface area contributed by atoms with Crippen molar-refractivity contribution in [3.8, 4) is 11.5 Å². The van der Waals surface area contributed by atoms with Crippen LogP contribution in [0.25, 0.3) is 0 Å². The summed E-state index contributed by atoms with van der Waals surface area (Å²) >= 11 is 0. The summed E-state index contributed by atoms with van der Waals surface area (Å²) in [7, 11) is 0. The second-order valence-corrected chi connectivity index (χ2v) is 6.16. The van der Waals surface area contributed by atoms with Crippen molar-refractivity contribution >= 4 is 18.3 Å². The molecule has 2 atom stereocenters. The molecular formula is C20H24N4O2. The fraction of sp³-hybridized carbons (Fsp3) is 0.250. The number of amidine groups is 1. The third-order valence-electron chi connectivity index (χ3n) is 4.19. The van der Waals surface area contributed by atoms with Crippen LogP contribution >= 0.6 is 0 Å². The number of nitrogens with zero attached hydrogens (tertiary/aromatic N) is 2. The van der Waals surface area contributed by atoms with Crippen LogP contribution in [0.1, 0.15) is 25.0 Å². The number of hydrogen-bond acceptors (Lipinski definition) is 5. The van der Waals surface area contributed by atoms with Crippen LogP contribution in [0.5, 0.6) is 11.5 Å². The van der Waals surface area contributed by atoms with E-state index in [4.69, 9.17) is 5.41 Å². The number of hydrazone groups is 1. The van der Waals surface area contributed by atoms with Gasteiger partial charge < -0.3 is 10.2 Å². The minimum absolute atomic E-state index is 0.0713. The summed E-state index contributed by atoms with van der Waals surface area (Å²) in [5.41, 5.74) is 3.96. The van der Waals surface area contributed by atoms with Crippen LogP contribution in [0.15, 0.2) is 58.6 Å². The second-order valence-electron chi connectivity index (χ2n) is 6.16. The summed E-state index contributed by atoms with van der Waals surface area (Å²) in [5.74, 6) is 0.673. The maximum absolute atomic E-state index is 9.71. The average Bonchev–Trinajstić information content (AvgIpc) is 2.64. The van der Waals surface area contributed by atoms with E-state index in [1.165, 1.54) is 6.21 Å². The molecule has 0 aromatic heterocycles. The van der Waals surface area contributed by atoms with E-state index in [1.54, 1.807) is 48.7 Å². The van der Waals surface area contributed by atoms with Gasteiger partial charge >= 0.3 is 0 Å². The van der Waals surface area contributed by atoms with E-state index in [0.717, 1.165) is 0 Å². The summed E-state index contributed by atoms with van der Waals surface area (Å²) in [6, 6.07) is 13.9. The largest absolute Gasteiger partial charge is 0.507 e. The molecule has 26 heavy (non-hydrogen) atoms. The molecule has 0 radical (unpaired) electrons. The fourth-order valence-electron chi connectivity index (χ4n) is 2.23. The molecule has 136 valence electrons. The Morgan fingerprint density at radius 2 is 1.54 bits per heavy atom. The van der Waals surface area contributed by atoms with Gasteiger partial charge in [-0.05, 0) is 30.2 Å². The van der Waals surface area contributed by atoms with Crippen molar-refractivity contribution in [3.63, 3.8) is 0 Å². The topological polar surface area (TPSA) is 101 Å². The number of aromatic hydroxyl groups is 2. The number of phenols is 2. The highest BCUT2D eigenvalue weighted by Gasteiger charge is 2.16. The van der Waals surface area contributed by atoms with Gasteiger partial charge in [0.25, 0.3) is 0 Å². The second kappa shape index (κ2) is 9.36. The first-order valence-corrected chi connectivity index (χ1v) is 8.42. The van der Waals surface area contributed by atoms with Crippen molar-refractivity contribution < 1.29 is 10.2 Å². The Kier molecular flexibility index (Phi) is 6.91. The molecule has 0 saturated heterocycles. The molecule has 0 bridgehead atoms. The summed E-state index contributed by atoms with van der Waals surface area (Å²) in [6.45, 7) is 4.48. The van der Waals surface area contributed by atoms with E-state index in [0.29, 0.717) is 17.7 Å². The quantitative estimate of drug-likeness (QED) is 0.349. The van der Waals surface area contributed by atoms with Crippen molar-refractivity contribution in [1.29, 1.82) is 5.41 Å². The third-order valence-corrected chi connectivity index (χ3v) is 4.19. The first-order chi connectivity index (χ1) is 12.5. The lowest BCUT2D eigenvalue weighted by Gasteiger charge is -2.18. The molecule has 2 unspecified atom stereocenters. The van der Waals surface area contributed by atoms with E-state index in [9.17, 15) is 10.2 Å². The number of benzene rings is 2. The molecule has 4 N–H and O–H groups in total. The Balaban J connectivity index is 1.85. The van der Waals surface area contributed by atoms with Crippen LogP contribution in [0.3, 0.4) is 0 Å². The van der Waals surface area contributed by atoms with Crippen molar-refractivity contribution in [1.82, 2.24) is 5.43 Å². The highest BCUT2D eigenvalue weighted by molar-refractivity contribution is 5.86. The normalized spacial score (nSPS) is 13.8. The average molecular weight is 352 g/mol. The standard InChI is InChI=1S/C20H24N4O2/c1-14(11-22-12-16-7-3-5-9-18(16)25)15(2)20(21)24-23-13-17-8-4-6-10-19(17)26/h3-10,12-15,25-26H,11H2,1-2H3,(H2,21,24)/b22-12+,23-13+. The van der Waals surface area contributed by atoms with Gasteiger partial charge in [0.2, 0.25) is 0 Å². The molecule has 0 aliphatic heterocycles. The van der Waals surface area contributed by atoms with Crippen molar-refractivity contribution in [3.05, 3.63) is 59.7 Å². The van der Waals surface area contributed by atoms with Crippen molar-refractivity contribution in [2.24, 2.45) is 21.9 Å². The van der Waals surface area contributed by atoms with Crippen LogP contribution in [0.4, 0.5) is 0 Å². The molecule has 0 aliphatic rings. The van der Waals surface area contributed by atoms with Gasteiger partial charge in [-0.3, -0.25) is 15.8 Å². The molecule has 0 heterocycles. The Bertz CT molecular complexity index is 802. The molecule has 0 amide bonds. The first-order valence-electron chi connectivity index (χ1n) is 8.42. The summed E-state index contributed by atoms with van der Waals surface area (Å²) in [5, 5.41) is 31.5. The maximum atomic E-state index is 9.71. The maximum Gasteiger partial charge on any atom is 0.124 e. The van der Waals surface area contributed by atoms with E-state index in [-0.39, 0.29) is 29.2 Å². The Labute approximate surface area is 153 Å². The van der Waals surface area contributed by atoms with E-state index >= 15 is 0 Å². The monoisotopic (exact) mass is 352 g/mol. The Hall–Kier alpha value is -3.15. The van der Waals surface area contributed by atoms with Crippen LogP contribution < -0.4 is 5.43 Å². The smallest absolute Gasteiger partial charge is 0.124 e. The van der Waals surface area contributed by atoms with Gasteiger partial charge in [0.1, 0.15) is 17.3 Å². The van der Waals surface area contributed by atoms with E-state index < -0.39 is 0 Å². The molecule has 2 aromatic rings. The molecule has 0 aliphatic carbocycles.